The van der Waals surface area contributed by atoms with Gasteiger partial charge < -0.3 is 9.15 Å². The zero-order valence-corrected chi connectivity index (χ0v) is 17.1. The van der Waals surface area contributed by atoms with E-state index in [0.717, 1.165) is 33.6 Å². The number of hydrogen-bond acceptors (Lipinski definition) is 9. The zero-order chi connectivity index (χ0) is 19.6. The molecule has 1 aliphatic heterocycles. The van der Waals surface area contributed by atoms with Crippen molar-refractivity contribution in [2.45, 2.75) is 16.4 Å². The number of methoxy groups -OCH3 is 1. The minimum Gasteiger partial charge on any atom is -0.496 e. The highest BCUT2D eigenvalue weighted by Gasteiger charge is 2.29. The standard InChI is InChI=1S/C19H16N6O2S2/c1-26-15-5-3-2-4-14(15)17-22-24-19(27-17)29-11-13-10-28-18-23-21-16(25(13)18)12-6-8-20-9-7-12/h2-9,13H,10-11H2,1H3/t13-/m1/s1. The molecule has 0 fully saturated rings. The van der Waals surface area contributed by atoms with E-state index in [0.29, 0.717) is 16.9 Å². The van der Waals surface area contributed by atoms with Gasteiger partial charge in [-0.05, 0) is 24.3 Å². The van der Waals surface area contributed by atoms with E-state index >= 15 is 0 Å². The van der Waals surface area contributed by atoms with E-state index in [4.69, 9.17) is 9.15 Å². The van der Waals surface area contributed by atoms with Gasteiger partial charge in [0.1, 0.15) is 5.75 Å². The number of fused-ring (bicyclic) bond motifs is 1. The van der Waals surface area contributed by atoms with E-state index in [1.807, 2.05) is 36.4 Å². The van der Waals surface area contributed by atoms with Crippen LogP contribution in [-0.2, 0) is 0 Å². The maximum atomic E-state index is 5.86. The third-order valence-corrected chi connectivity index (χ3v) is 6.57. The lowest BCUT2D eigenvalue weighted by molar-refractivity contribution is 0.411. The molecule has 0 saturated heterocycles. The van der Waals surface area contributed by atoms with Crippen LogP contribution in [0.15, 0.2) is 63.6 Å². The molecule has 0 radical (unpaired) electrons. The van der Waals surface area contributed by atoms with Crippen molar-refractivity contribution in [2.75, 3.05) is 18.6 Å². The molecule has 0 N–H and O–H groups in total. The Bertz CT molecular complexity index is 1130. The van der Waals surface area contributed by atoms with E-state index in [-0.39, 0.29) is 6.04 Å². The first kappa shape index (κ1) is 18.2. The Balaban J connectivity index is 1.33. The number of hydrogen-bond donors (Lipinski definition) is 0. The SMILES string of the molecule is COc1ccccc1-c1nnc(SC[C@H]2CSc3nnc(-c4ccncc4)n32)o1. The molecule has 4 heterocycles. The molecule has 5 rings (SSSR count). The van der Waals surface area contributed by atoms with Crippen molar-refractivity contribution in [1.82, 2.24) is 29.9 Å². The van der Waals surface area contributed by atoms with Crippen molar-refractivity contribution in [2.24, 2.45) is 0 Å². The molecule has 10 heteroatoms. The Hall–Kier alpha value is -2.85. The zero-order valence-electron chi connectivity index (χ0n) is 15.4. The largest absolute Gasteiger partial charge is 0.496 e. The van der Waals surface area contributed by atoms with Crippen LogP contribution in [0.4, 0.5) is 0 Å². The van der Waals surface area contributed by atoms with E-state index < -0.39 is 0 Å². The number of para-hydroxylation sites is 1. The fourth-order valence-corrected chi connectivity index (χ4v) is 5.21. The summed E-state index contributed by atoms with van der Waals surface area (Å²) in [6.07, 6.45) is 3.53. The lowest BCUT2D eigenvalue weighted by Crippen LogP contribution is -2.11. The predicted molar refractivity (Wildman–Crippen MR) is 110 cm³/mol. The molecule has 0 saturated carbocycles. The summed E-state index contributed by atoms with van der Waals surface area (Å²) in [5, 5.41) is 18.5. The number of thioether (sulfide) groups is 2. The van der Waals surface area contributed by atoms with Gasteiger partial charge in [0.05, 0.1) is 18.7 Å². The van der Waals surface area contributed by atoms with Crippen LogP contribution in [0, 0.1) is 0 Å². The summed E-state index contributed by atoms with van der Waals surface area (Å²) in [7, 11) is 1.62. The second-order valence-electron chi connectivity index (χ2n) is 6.26. The number of nitrogens with zero attached hydrogens (tertiary/aromatic N) is 6. The number of benzene rings is 1. The second-order valence-corrected chi connectivity index (χ2v) is 8.22. The number of aromatic nitrogens is 6. The van der Waals surface area contributed by atoms with E-state index in [9.17, 15) is 0 Å². The van der Waals surface area contributed by atoms with Gasteiger partial charge in [0.25, 0.3) is 11.1 Å². The van der Waals surface area contributed by atoms with Gasteiger partial charge in [-0.15, -0.1) is 20.4 Å². The molecular weight excluding hydrogens is 408 g/mol. The minimum absolute atomic E-state index is 0.236. The maximum absolute atomic E-state index is 5.86. The Kier molecular flexibility index (Phi) is 4.94. The molecule has 0 aliphatic carbocycles. The van der Waals surface area contributed by atoms with Crippen molar-refractivity contribution in [3.05, 3.63) is 48.8 Å². The Morgan fingerprint density at radius 3 is 2.86 bits per heavy atom. The smallest absolute Gasteiger partial charge is 0.276 e. The summed E-state index contributed by atoms with van der Waals surface area (Å²) in [6, 6.07) is 11.7. The highest BCUT2D eigenvalue weighted by Crippen LogP contribution is 2.39. The van der Waals surface area contributed by atoms with Crippen molar-refractivity contribution in [3.63, 3.8) is 0 Å². The van der Waals surface area contributed by atoms with Gasteiger partial charge >= 0.3 is 0 Å². The van der Waals surface area contributed by atoms with Crippen LogP contribution in [0.3, 0.4) is 0 Å². The molecule has 0 spiro atoms. The van der Waals surface area contributed by atoms with Gasteiger partial charge in [-0.3, -0.25) is 9.55 Å². The summed E-state index contributed by atoms with van der Waals surface area (Å²) >= 11 is 3.25. The van der Waals surface area contributed by atoms with Gasteiger partial charge in [0, 0.05) is 29.5 Å². The summed E-state index contributed by atoms with van der Waals surface area (Å²) in [4.78, 5) is 4.08. The lowest BCUT2D eigenvalue weighted by Gasteiger charge is -2.12. The fourth-order valence-electron chi connectivity index (χ4n) is 3.14. The first-order valence-corrected chi connectivity index (χ1v) is 10.9. The predicted octanol–water partition coefficient (Wildman–Crippen LogP) is 3.84. The molecule has 1 aromatic carbocycles. The first-order chi connectivity index (χ1) is 14.3. The number of rotatable bonds is 6. The van der Waals surface area contributed by atoms with Gasteiger partial charge in [-0.1, -0.05) is 35.7 Å². The molecule has 146 valence electrons. The molecule has 0 bridgehead atoms. The molecule has 29 heavy (non-hydrogen) atoms. The Morgan fingerprint density at radius 1 is 1.14 bits per heavy atom. The fraction of sp³-hybridized carbons (Fsp3) is 0.211. The summed E-state index contributed by atoms with van der Waals surface area (Å²) in [5.41, 5.74) is 1.79. The molecular formula is C19H16N6O2S2. The first-order valence-electron chi connectivity index (χ1n) is 8.91. The maximum Gasteiger partial charge on any atom is 0.276 e. The van der Waals surface area contributed by atoms with E-state index in [1.165, 1.54) is 11.8 Å². The van der Waals surface area contributed by atoms with Crippen molar-refractivity contribution in [1.29, 1.82) is 0 Å². The molecule has 0 amide bonds. The van der Waals surface area contributed by atoms with E-state index in [2.05, 4.69) is 29.9 Å². The van der Waals surface area contributed by atoms with Crippen LogP contribution in [-0.4, -0.2) is 48.6 Å². The summed E-state index contributed by atoms with van der Waals surface area (Å²) in [6.45, 7) is 0. The average Bonchev–Trinajstić information content (AvgIpc) is 3.50. The van der Waals surface area contributed by atoms with E-state index in [1.54, 1.807) is 31.3 Å². The van der Waals surface area contributed by atoms with Gasteiger partial charge in [-0.25, -0.2) is 0 Å². The van der Waals surface area contributed by atoms with Crippen LogP contribution in [0.1, 0.15) is 6.04 Å². The minimum atomic E-state index is 0.236. The number of pyridine rings is 1. The highest BCUT2D eigenvalue weighted by atomic mass is 32.2. The van der Waals surface area contributed by atoms with Crippen molar-refractivity contribution in [3.8, 4) is 28.6 Å². The highest BCUT2D eigenvalue weighted by molar-refractivity contribution is 8.00. The third kappa shape index (κ3) is 3.49. The van der Waals surface area contributed by atoms with Crippen molar-refractivity contribution < 1.29 is 9.15 Å². The second kappa shape index (κ2) is 7.88. The Morgan fingerprint density at radius 2 is 2.00 bits per heavy atom. The normalized spacial score (nSPS) is 15.4. The number of ether oxygens (including phenoxy) is 1. The molecule has 0 unspecified atom stereocenters. The van der Waals surface area contributed by atoms with Gasteiger partial charge in [0.15, 0.2) is 11.0 Å². The molecule has 3 aromatic heterocycles. The van der Waals surface area contributed by atoms with Crippen LogP contribution in [0.25, 0.3) is 22.8 Å². The quantitative estimate of drug-likeness (QED) is 0.428. The summed E-state index contributed by atoms with van der Waals surface area (Å²) in [5.74, 6) is 3.73. The van der Waals surface area contributed by atoms with Gasteiger partial charge in [-0.2, -0.15) is 0 Å². The van der Waals surface area contributed by atoms with Crippen LogP contribution in [0.2, 0.25) is 0 Å². The van der Waals surface area contributed by atoms with Crippen molar-refractivity contribution >= 4 is 23.5 Å². The van der Waals surface area contributed by atoms with Crippen LogP contribution >= 0.6 is 23.5 Å². The van der Waals surface area contributed by atoms with Gasteiger partial charge in [0.2, 0.25) is 0 Å². The third-order valence-electron chi connectivity index (χ3n) is 4.52. The Labute approximate surface area is 175 Å². The average molecular weight is 425 g/mol. The monoisotopic (exact) mass is 424 g/mol. The molecule has 1 atom stereocenters. The van der Waals surface area contributed by atoms with Crippen LogP contribution in [0.5, 0.6) is 5.75 Å². The topological polar surface area (TPSA) is 91.8 Å². The lowest BCUT2D eigenvalue weighted by atomic mass is 10.2. The van der Waals surface area contributed by atoms with Crippen LogP contribution < -0.4 is 4.74 Å². The molecule has 1 aliphatic rings. The summed E-state index contributed by atoms with van der Waals surface area (Å²) < 4.78 is 13.4. The molecule has 8 nitrogen and oxygen atoms in total. The molecule has 4 aromatic rings.